The Hall–Kier alpha value is 0.491. The SMILES string of the molecule is COCO[Si@](C)(O[SiH3])O[SiH2]C. The van der Waals surface area contributed by atoms with Crippen molar-refractivity contribution in [1.29, 1.82) is 0 Å². The Kier molecular flexibility index (Phi) is 6.33. The first-order chi connectivity index (χ1) is 5.18. The molecule has 0 amide bonds. The Morgan fingerprint density at radius 1 is 1.55 bits per heavy atom. The summed E-state index contributed by atoms with van der Waals surface area (Å²) in [6, 6.07) is 0. The van der Waals surface area contributed by atoms with Gasteiger partial charge in [0.25, 0.3) is 0 Å². The molecule has 11 heavy (non-hydrogen) atoms. The molecule has 0 saturated carbocycles. The number of methoxy groups -OCH3 is 1. The molecule has 0 aliphatic rings. The van der Waals surface area contributed by atoms with E-state index in [0.29, 0.717) is 10.5 Å². The normalized spacial score (nSPS) is 17.7. The van der Waals surface area contributed by atoms with E-state index in [4.69, 9.17) is 17.4 Å². The van der Waals surface area contributed by atoms with E-state index in [0.717, 1.165) is 0 Å². The fourth-order valence-corrected chi connectivity index (χ4v) is 5.35. The topological polar surface area (TPSA) is 36.9 Å². The third-order valence-electron chi connectivity index (χ3n) is 1.22. The monoisotopic (exact) mass is 212 g/mol. The summed E-state index contributed by atoms with van der Waals surface area (Å²) in [5.74, 6) is 0. The van der Waals surface area contributed by atoms with E-state index >= 15 is 0 Å². The summed E-state index contributed by atoms with van der Waals surface area (Å²) in [5, 5.41) is 0. The van der Waals surface area contributed by atoms with Crippen LogP contribution in [0.25, 0.3) is 0 Å². The van der Waals surface area contributed by atoms with Gasteiger partial charge in [0.05, 0.1) is 0 Å². The minimum absolute atomic E-state index is 0.263. The van der Waals surface area contributed by atoms with E-state index in [1.165, 1.54) is 0 Å². The van der Waals surface area contributed by atoms with Crippen LogP contribution in [0.3, 0.4) is 0 Å². The quantitative estimate of drug-likeness (QED) is 0.402. The van der Waals surface area contributed by atoms with Crippen molar-refractivity contribution >= 4 is 29.1 Å². The van der Waals surface area contributed by atoms with Crippen LogP contribution in [0, 0.1) is 0 Å². The van der Waals surface area contributed by atoms with Gasteiger partial charge >= 0.3 is 8.80 Å². The molecule has 0 heterocycles. The summed E-state index contributed by atoms with van der Waals surface area (Å²) in [6.07, 6.45) is 0. The molecule has 0 radical (unpaired) electrons. The molecule has 0 spiro atoms. The first kappa shape index (κ1) is 11.5. The molecule has 7 heteroatoms. The van der Waals surface area contributed by atoms with Crippen LogP contribution in [-0.2, 0) is 17.4 Å². The predicted molar refractivity (Wildman–Crippen MR) is 51.1 cm³/mol. The van der Waals surface area contributed by atoms with Gasteiger partial charge < -0.3 is 17.4 Å². The first-order valence-corrected chi connectivity index (χ1v) is 8.53. The number of rotatable bonds is 6. The van der Waals surface area contributed by atoms with Gasteiger partial charge in [0.1, 0.15) is 27.0 Å². The molecular formula is C4H16O4Si3. The summed E-state index contributed by atoms with van der Waals surface area (Å²) in [7, 11) is -0.452. The van der Waals surface area contributed by atoms with Gasteiger partial charge in [0, 0.05) is 13.7 Å². The van der Waals surface area contributed by atoms with Crippen molar-refractivity contribution in [3.05, 3.63) is 0 Å². The van der Waals surface area contributed by atoms with Crippen LogP contribution in [0.15, 0.2) is 0 Å². The molecule has 0 aromatic heterocycles. The molecule has 0 aromatic rings. The van der Waals surface area contributed by atoms with E-state index in [1.807, 2.05) is 6.55 Å². The summed E-state index contributed by atoms with van der Waals surface area (Å²) in [6.45, 7) is 4.22. The maximum atomic E-state index is 5.47. The van der Waals surface area contributed by atoms with Gasteiger partial charge in [-0.2, -0.15) is 0 Å². The predicted octanol–water partition coefficient (Wildman–Crippen LogP) is -1.38. The second kappa shape index (κ2) is 6.06. The molecule has 0 fully saturated rings. The van der Waals surface area contributed by atoms with E-state index in [2.05, 4.69) is 6.55 Å². The lowest BCUT2D eigenvalue weighted by Crippen LogP contribution is -2.43. The van der Waals surface area contributed by atoms with Gasteiger partial charge in [-0.05, 0) is 0 Å². The summed E-state index contributed by atoms with van der Waals surface area (Å²) >= 11 is 0. The number of hydrogen-bond donors (Lipinski definition) is 0. The second-order valence-corrected chi connectivity index (χ2v) is 7.43. The van der Waals surface area contributed by atoms with E-state index in [-0.39, 0.29) is 6.79 Å². The molecule has 68 valence electrons. The molecule has 0 unspecified atom stereocenters. The minimum Gasteiger partial charge on any atom is -0.425 e. The standard InChI is InChI=1S/C4H16O4Si3/c1-5-4-6-11(3,7-9)8-10-2/h4,10H2,1-3,9H3/t11-/m1/s1. The van der Waals surface area contributed by atoms with Crippen LogP contribution in [0.2, 0.25) is 13.1 Å². The summed E-state index contributed by atoms with van der Waals surface area (Å²) in [4.78, 5) is 0. The van der Waals surface area contributed by atoms with Crippen molar-refractivity contribution in [2.24, 2.45) is 0 Å². The first-order valence-electron chi connectivity index (χ1n) is 3.50. The van der Waals surface area contributed by atoms with Crippen molar-refractivity contribution in [2.75, 3.05) is 13.9 Å². The molecule has 0 aromatic carbocycles. The maximum Gasteiger partial charge on any atom is 0.477 e. The van der Waals surface area contributed by atoms with Crippen molar-refractivity contribution < 1.29 is 17.4 Å². The average Bonchev–Trinajstić information content (AvgIpc) is 2.02. The number of hydrogen-bond acceptors (Lipinski definition) is 4. The Morgan fingerprint density at radius 2 is 2.18 bits per heavy atom. The summed E-state index contributed by atoms with van der Waals surface area (Å²) in [5.41, 5.74) is 0. The summed E-state index contributed by atoms with van der Waals surface area (Å²) < 4.78 is 20.8. The van der Waals surface area contributed by atoms with Crippen molar-refractivity contribution in [1.82, 2.24) is 0 Å². The average molecular weight is 212 g/mol. The van der Waals surface area contributed by atoms with Gasteiger partial charge in [-0.15, -0.1) is 0 Å². The Bertz CT molecular complexity index is 103. The zero-order valence-corrected chi connectivity index (χ0v) is 12.0. The molecule has 0 N–H and O–H groups in total. The highest BCUT2D eigenvalue weighted by Crippen LogP contribution is 2.05. The highest BCUT2D eigenvalue weighted by Gasteiger charge is 2.31. The Balaban J connectivity index is 3.68. The van der Waals surface area contributed by atoms with Crippen LogP contribution < -0.4 is 0 Å². The smallest absolute Gasteiger partial charge is 0.425 e. The molecular weight excluding hydrogens is 196 g/mol. The van der Waals surface area contributed by atoms with Gasteiger partial charge in [0.2, 0.25) is 0 Å². The Labute approximate surface area is 74.0 Å². The molecule has 1 atom stereocenters. The fourth-order valence-electron chi connectivity index (χ4n) is 0.588. The lowest BCUT2D eigenvalue weighted by molar-refractivity contribution is 0.0134. The van der Waals surface area contributed by atoms with Gasteiger partial charge in [0.15, 0.2) is 0 Å². The third kappa shape index (κ3) is 4.85. The third-order valence-corrected chi connectivity index (χ3v) is 8.08. The van der Waals surface area contributed by atoms with Crippen LogP contribution in [0.1, 0.15) is 0 Å². The largest absolute Gasteiger partial charge is 0.477 e. The highest BCUT2D eigenvalue weighted by molar-refractivity contribution is 6.67. The van der Waals surface area contributed by atoms with Gasteiger partial charge in [-0.3, -0.25) is 0 Å². The molecule has 4 nitrogen and oxygen atoms in total. The Morgan fingerprint density at radius 3 is 2.55 bits per heavy atom. The van der Waals surface area contributed by atoms with Crippen LogP contribution >= 0.6 is 0 Å². The fraction of sp³-hybridized carbons (Fsp3) is 1.00. The number of ether oxygens (including phenoxy) is 1. The molecule has 0 aliphatic carbocycles. The molecule has 0 aliphatic heterocycles. The van der Waals surface area contributed by atoms with Crippen molar-refractivity contribution in [2.45, 2.75) is 13.1 Å². The van der Waals surface area contributed by atoms with Crippen LogP contribution in [0.4, 0.5) is 0 Å². The zero-order chi connectivity index (χ0) is 8.74. The van der Waals surface area contributed by atoms with Crippen LogP contribution in [-0.4, -0.2) is 43.0 Å². The minimum atomic E-state index is -2.25. The van der Waals surface area contributed by atoms with Gasteiger partial charge in [-0.1, -0.05) is 6.55 Å². The molecule has 0 rings (SSSR count). The van der Waals surface area contributed by atoms with E-state index < -0.39 is 18.6 Å². The van der Waals surface area contributed by atoms with Crippen LogP contribution in [0.5, 0.6) is 0 Å². The van der Waals surface area contributed by atoms with E-state index in [9.17, 15) is 0 Å². The van der Waals surface area contributed by atoms with Crippen molar-refractivity contribution in [3.8, 4) is 0 Å². The highest BCUT2D eigenvalue weighted by atomic mass is 28.4. The van der Waals surface area contributed by atoms with Gasteiger partial charge in [-0.25, -0.2) is 0 Å². The maximum absolute atomic E-state index is 5.47. The second-order valence-electron chi connectivity index (χ2n) is 2.05. The molecule has 0 saturated heterocycles. The zero-order valence-electron chi connectivity index (χ0n) is 7.55. The van der Waals surface area contributed by atoms with Crippen molar-refractivity contribution in [3.63, 3.8) is 0 Å². The molecule has 0 bridgehead atoms. The lowest BCUT2D eigenvalue weighted by atomic mass is 11.4. The lowest BCUT2D eigenvalue weighted by Gasteiger charge is -2.23. The van der Waals surface area contributed by atoms with E-state index in [1.54, 1.807) is 7.11 Å².